The minimum absolute atomic E-state index is 0.218. The summed E-state index contributed by atoms with van der Waals surface area (Å²) in [6.07, 6.45) is 2.52. The number of amides is 1. The smallest absolute Gasteiger partial charge is 0.273 e. The summed E-state index contributed by atoms with van der Waals surface area (Å²) in [4.78, 5) is 17.0. The number of para-hydroxylation sites is 1. The van der Waals surface area contributed by atoms with Gasteiger partial charge in [-0.2, -0.15) is 0 Å². The summed E-state index contributed by atoms with van der Waals surface area (Å²) in [5, 5.41) is 12.3. The molecule has 0 aliphatic carbocycles. The van der Waals surface area contributed by atoms with Gasteiger partial charge >= 0.3 is 0 Å². The number of hydrogen-bond donors (Lipinski definition) is 1. The first-order valence-corrected chi connectivity index (χ1v) is 9.23. The Morgan fingerprint density at radius 3 is 2.75 bits per heavy atom. The van der Waals surface area contributed by atoms with E-state index >= 15 is 0 Å². The molecule has 1 N–H and O–H groups in total. The van der Waals surface area contributed by atoms with E-state index in [1.54, 1.807) is 10.9 Å². The van der Waals surface area contributed by atoms with E-state index in [1.165, 1.54) is 11.1 Å². The number of carbonyl (C=O) groups is 1. The number of nitrogens with one attached hydrogen (secondary N) is 1. The number of aryl methyl sites for hydroxylation is 1. The number of rotatable bonds is 5. The van der Waals surface area contributed by atoms with Crippen LogP contribution in [0.4, 0.5) is 0 Å². The van der Waals surface area contributed by atoms with Gasteiger partial charge in [-0.05, 0) is 38.0 Å². The Morgan fingerprint density at radius 1 is 1.07 bits per heavy atom. The van der Waals surface area contributed by atoms with Crippen molar-refractivity contribution in [3.8, 4) is 5.69 Å². The minimum Gasteiger partial charge on any atom is -0.350 e. The van der Waals surface area contributed by atoms with Crippen LogP contribution in [-0.2, 0) is 6.42 Å². The molecule has 1 amide bonds. The molecule has 4 rings (SSSR count). The Labute approximate surface area is 163 Å². The average Bonchev–Trinajstić information content (AvgIpc) is 3.09. The van der Waals surface area contributed by atoms with Gasteiger partial charge in [0.05, 0.1) is 16.9 Å². The first-order valence-electron chi connectivity index (χ1n) is 9.23. The fourth-order valence-corrected chi connectivity index (χ4v) is 3.30. The van der Waals surface area contributed by atoms with Crippen LogP contribution in [0.25, 0.3) is 16.6 Å². The first kappa shape index (κ1) is 17.9. The highest BCUT2D eigenvalue weighted by molar-refractivity contribution is 5.93. The van der Waals surface area contributed by atoms with Crippen LogP contribution < -0.4 is 5.32 Å². The van der Waals surface area contributed by atoms with E-state index in [9.17, 15) is 4.79 Å². The molecule has 0 radical (unpaired) electrons. The van der Waals surface area contributed by atoms with Crippen molar-refractivity contribution in [3.63, 3.8) is 0 Å². The summed E-state index contributed by atoms with van der Waals surface area (Å²) < 4.78 is 1.67. The van der Waals surface area contributed by atoms with Crippen LogP contribution in [0.15, 0.2) is 60.8 Å². The van der Waals surface area contributed by atoms with Crippen molar-refractivity contribution in [2.75, 3.05) is 6.54 Å². The van der Waals surface area contributed by atoms with Gasteiger partial charge in [-0.25, -0.2) is 4.68 Å². The second-order valence-corrected chi connectivity index (χ2v) is 6.78. The number of pyridine rings is 1. The molecule has 0 unspecified atom stereocenters. The summed E-state index contributed by atoms with van der Waals surface area (Å²) in [6.45, 7) is 4.45. The maximum atomic E-state index is 12.6. The number of fused-ring (bicyclic) bond motifs is 1. The number of carbonyl (C=O) groups excluding carboxylic acids is 1. The molecule has 0 atom stereocenters. The third-order valence-corrected chi connectivity index (χ3v) is 4.73. The minimum atomic E-state index is -0.218. The monoisotopic (exact) mass is 371 g/mol. The zero-order valence-electron chi connectivity index (χ0n) is 15.9. The fraction of sp³-hybridized carbons (Fsp3) is 0.182. The van der Waals surface area contributed by atoms with E-state index in [2.05, 4.69) is 45.7 Å². The van der Waals surface area contributed by atoms with Crippen molar-refractivity contribution in [1.29, 1.82) is 0 Å². The van der Waals surface area contributed by atoms with E-state index < -0.39 is 0 Å². The van der Waals surface area contributed by atoms with E-state index in [4.69, 9.17) is 0 Å². The second kappa shape index (κ2) is 7.60. The fourth-order valence-electron chi connectivity index (χ4n) is 3.30. The van der Waals surface area contributed by atoms with Crippen LogP contribution in [0.2, 0.25) is 0 Å². The maximum Gasteiger partial charge on any atom is 0.273 e. The lowest BCUT2D eigenvalue weighted by Crippen LogP contribution is -2.26. The lowest BCUT2D eigenvalue weighted by Gasteiger charge is -2.07. The van der Waals surface area contributed by atoms with Gasteiger partial charge in [-0.15, -0.1) is 5.10 Å². The molecule has 6 heteroatoms. The van der Waals surface area contributed by atoms with Crippen LogP contribution in [0.5, 0.6) is 0 Å². The summed E-state index contributed by atoms with van der Waals surface area (Å²) in [5.41, 5.74) is 5.06. The van der Waals surface area contributed by atoms with Crippen LogP contribution in [0.3, 0.4) is 0 Å². The average molecular weight is 371 g/mol. The molecular weight excluding hydrogens is 350 g/mol. The van der Waals surface area contributed by atoms with Crippen LogP contribution in [0, 0.1) is 13.8 Å². The maximum absolute atomic E-state index is 12.6. The Hall–Kier alpha value is -3.54. The van der Waals surface area contributed by atoms with Gasteiger partial charge in [0.25, 0.3) is 5.91 Å². The number of benzene rings is 2. The third-order valence-electron chi connectivity index (χ3n) is 4.73. The van der Waals surface area contributed by atoms with Gasteiger partial charge in [-0.1, -0.05) is 53.2 Å². The molecule has 0 spiro atoms. The van der Waals surface area contributed by atoms with Crippen molar-refractivity contribution in [3.05, 3.63) is 83.3 Å². The van der Waals surface area contributed by atoms with E-state index in [0.29, 0.717) is 17.9 Å². The summed E-state index contributed by atoms with van der Waals surface area (Å²) in [6, 6.07) is 18.0. The van der Waals surface area contributed by atoms with Gasteiger partial charge in [0.1, 0.15) is 0 Å². The molecule has 6 nitrogen and oxygen atoms in total. The molecule has 0 saturated carbocycles. The topological polar surface area (TPSA) is 72.7 Å². The van der Waals surface area contributed by atoms with Crippen LogP contribution in [0.1, 0.15) is 27.3 Å². The summed E-state index contributed by atoms with van der Waals surface area (Å²) in [7, 11) is 0. The third kappa shape index (κ3) is 3.49. The second-order valence-electron chi connectivity index (χ2n) is 6.78. The van der Waals surface area contributed by atoms with E-state index in [1.807, 2.05) is 43.3 Å². The van der Waals surface area contributed by atoms with Crippen molar-refractivity contribution < 1.29 is 4.79 Å². The largest absolute Gasteiger partial charge is 0.350 e. The molecule has 4 aromatic rings. The zero-order valence-corrected chi connectivity index (χ0v) is 15.9. The van der Waals surface area contributed by atoms with Gasteiger partial charge in [0, 0.05) is 18.1 Å². The molecule has 140 valence electrons. The molecule has 2 heterocycles. The molecule has 2 aromatic carbocycles. The Bertz CT molecular complexity index is 1140. The Kier molecular flexibility index (Phi) is 4.85. The van der Waals surface area contributed by atoms with Crippen molar-refractivity contribution >= 4 is 16.8 Å². The zero-order chi connectivity index (χ0) is 19.5. The molecule has 0 fully saturated rings. The van der Waals surface area contributed by atoms with Gasteiger partial charge < -0.3 is 5.32 Å². The predicted molar refractivity (Wildman–Crippen MR) is 109 cm³/mol. The Balaban J connectivity index is 1.52. The Morgan fingerprint density at radius 2 is 1.89 bits per heavy atom. The highest BCUT2D eigenvalue weighted by atomic mass is 16.2. The predicted octanol–water partition coefficient (Wildman–Crippen LogP) is 3.40. The summed E-state index contributed by atoms with van der Waals surface area (Å²) >= 11 is 0. The quantitative estimate of drug-likeness (QED) is 0.584. The highest BCUT2D eigenvalue weighted by Gasteiger charge is 2.18. The summed E-state index contributed by atoms with van der Waals surface area (Å²) in [5.74, 6) is -0.218. The molecule has 28 heavy (non-hydrogen) atoms. The van der Waals surface area contributed by atoms with Crippen molar-refractivity contribution in [1.82, 2.24) is 25.3 Å². The van der Waals surface area contributed by atoms with Crippen molar-refractivity contribution in [2.24, 2.45) is 0 Å². The number of hydrogen-bond acceptors (Lipinski definition) is 4. The van der Waals surface area contributed by atoms with Gasteiger partial charge in [-0.3, -0.25) is 9.78 Å². The lowest BCUT2D eigenvalue weighted by atomic mass is 10.1. The molecule has 0 aliphatic rings. The molecule has 0 bridgehead atoms. The van der Waals surface area contributed by atoms with Crippen LogP contribution >= 0.6 is 0 Å². The molecule has 2 aromatic heterocycles. The number of nitrogens with zero attached hydrogens (tertiary/aromatic N) is 4. The first-order chi connectivity index (χ1) is 13.6. The van der Waals surface area contributed by atoms with E-state index in [-0.39, 0.29) is 5.91 Å². The lowest BCUT2D eigenvalue weighted by molar-refractivity contribution is 0.0948. The number of aromatic nitrogens is 4. The van der Waals surface area contributed by atoms with Crippen molar-refractivity contribution in [2.45, 2.75) is 20.3 Å². The van der Waals surface area contributed by atoms with Gasteiger partial charge in [0.2, 0.25) is 0 Å². The van der Waals surface area contributed by atoms with Gasteiger partial charge in [0.15, 0.2) is 5.69 Å². The van der Waals surface area contributed by atoms with Crippen LogP contribution in [-0.4, -0.2) is 32.4 Å². The molecule has 0 saturated heterocycles. The molecular formula is C22H21N5O. The molecule has 0 aliphatic heterocycles. The highest BCUT2D eigenvalue weighted by Crippen LogP contribution is 2.21. The standard InChI is InChI=1S/C22H21N5O/c1-15-6-3-7-17(14-15)11-13-24-22(28)20-16(2)27(26-25-20)19-10-4-8-18-9-5-12-23-21(18)19/h3-10,12,14H,11,13H2,1-2H3,(H,24,28). The normalized spacial score (nSPS) is 10.9. The SMILES string of the molecule is Cc1cccc(CCNC(=O)c2nnn(-c3cccc4cccnc34)c2C)c1. The van der Waals surface area contributed by atoms with E-state index in [0.717, 1.165) is 23.0 Å².